The van der Waals surface area contributed by atoms with Gasteiger partial charge >= 0.3 is 0 Å². The number of nitrogens with one attached hydrogen (secondary N) is 1. The number of hydrogen-bond acceptors (Lipinski definition) is 2. The largest absolute Gasteiger partial charge is 0.309 e. The maximum absolute atomic E-state index is 12.1. The highest BCUT2D eigenvalue weighted by Crippen LogP contribution is 2.42. The number of nitrogens with zero attached hydrogens (tertiary/aromatic N) is 1. The Hall–Kier alpha value is -0.640. The molecule has 1 aromatic heterocycles. The van der Waals surface area contributed by atoms with Gasteiger partial charge in [0.05, 0.1) is 5.69 Å². The van der Waals surface area contributed by atoms with Crippen LogP contribution in [0.5, 0.6) is 0 Å². The normalized spacial score (nSPS) is 27.0. The Labute approximate surface area is 128 Å². The van der Waals surface area contributed by atoms with Gasteiger partial charge in [0.15, 0.2) is 0 Å². The van der Waals surface area contributed by atoms with Crippen LogP contribution in [0, 0.1) is 11.8 Å². The first-order chi connectivity index (χ1) is 9.56. The first-order valence-corrected chi connectivity index (χ1v) is 8.65. The van der Waals surface area contributed by atoms with Gasteiger partial charge in [0, 0.05) is 11.8 Å². The highest BCUT2D eigenvalue weighted by atomic mass is 79.9. The van der Waals surface area contributed by atoms with Crippen LogP contribution in [-0.4, -0.2) is 9.97 Å². The molecule has 0 spiro atoms. The zero-order chi connectivity index (χ0) is 14.3. The van der Waals surface area contributed by atoms with E-state index in [-0.39, 0.29) is 5.56 Å². The molecule has 1 aromatic rings. The summed E-state index contributed by atoms with van der Waals surface area (Å²) < 4.78 is 0.652. The van der Waals surface area contributed by atoms with Gasteiger partial charge in [-0.25, -0.2) is 4.98 Å². The molecule has 0 bridgehead atoms. The smallest absolute Gasteiger partial charge is 0.265 e. The molecule has 0 aliphatic heterocycles. The molecule has 0 aromatic carbocycles. The van der Waals surface area contributed by atoms with Crippen molar-refractivity contribution in [1.82, 2.24) is 9.97 Å². The van der Waals surface area contributed by atoms with Crippen molar-refractivity contribution < 1.29 is 0 Å². The number of rotatable bonds is 3. The number of hydrogen-bond donors (Lipinski definition) is 1. The van der Waals surface area contributed by atoms with E-state index in [1.165, 1.54) is 25.7 Å². The van der Waals surface area contributed by atoms with E-state index >= 15 is 0 Å². The van der Waals surface area contributed by atoms with Crippen LogP contribution < -0.4 is 5.56 Å². The predicted molar refractivity (Wildman–Crippen MR) is 84.1 cm³/mol. The molecule has 4 heteroatoms. The Kier molecular flexibility index (Phi) is 4.02. The molecule has 3 nitrogen and oxygen atoms in total. The average Bonchev–Trinajstić information content (AvgIpc) is 3.26. The molecular formula is C16H23BrN2O. The third-order valence-electron chi connectivity index (χ3n) is 4.97. The van der Waals surface area contributed by atoms with Crippen LogP contribution in [0.1, 0.15) is 75.7 Å². The summed E-state index contributed by atoms with van der Waals surface area (Å²) in [5.41, 5.74) is 0.998. The van der Waals surface area contributed by atoms with Crippen LogP contribution in [0.4, 0.5) is 0 Å². The summed E-state index contributed by atoms with van der Waals surface area (Å²) in [4.78, 5) is 19.9. The molecule has 0 unspecified atom stereocenters. The zero-order valence-electron chi connectivity index (χ0n) is 12.3. The van der Waals surface area contributed by atoms with Crippen molar-refractivity contribution in [2.75, 3.05) is 0 Å². The van der Waals surface area contributed by atoms with E-state index in [0.717, 1.165) is 36.2 Å². The molecule has 0 radical (unpaired) electrons. The monoisotopic (exact) mass is 338 g/mol. The van der Waals surface area contributed by atoms with Gasteiger partial charge in [0.25, 0.3) is 5.56 Å². The molecule has 3 rings (SSSR count). The van der Waals surface area contributed by atoms with Crippen LogP contribution in [0.15, 0.2) is 9.27 Å². The van der Waals surface area contributed by atoms with E-state index in [0.29, 0.717) is 16.3 Å². The second kappa shape index (κ2) is 5.63. The van der Waals surface area contributed by atoms with Gasteiger partial charge < -0.3 is 4.98 Å². The topological polar surface area (TPSA) is 45.8 Å². The van der Waals surface area contributed by atoms with Crippen molar-refractivity contribution in [2.45, 2.75) is 64.2 Å². The van der Waals surface area contributed by atoms with Gasteiger partial charge in [-0.15, -0.1) is 0 Å². The van der Waals surface area contributed by atoms with Crippen LogP contribution in [0.25, 0.3) is 0 Å². The molecule has 0 amide bonds. The van der Waals surface area contributed by atoms with Gasteiger partial charge in [-0.1, -0.05) is 13.8 Å². The van der Waals surface area contributed by atoms with Gasteiger partial charge in [0.2, 0.25) is 0 Å². The van der Waals surface area contributed by atoms with Gasteiger partial charge in [-0.2, -0.15) is 0 Å². The summed E-state index contributed by atoms with van der Waals surface area (Å²) in [7, 11) is 0. The standard InChI is InChI=1S/C16H23BrN2O/c1-9(2)10-3-7-12(8-4-10)15-18-14(11-5-6-11)13(17)16(20)19-15/h9-12H,3-8H2,1-2H3,(H,18,19,20). The van der Waals surface area contributed by atoms with Crippen molar-refractivity contribution in [3.8, 4) is 0 Å². The van der Waals surface area contributed by atoms with E-state index in [2.05, 4.69) is 34.8 Å². The SMILES string of the molecule is CC(C)C1CCC(c2nc(C3CC3)c(Br)c(=O)[nH]2)CC1. The van der Waals surface area contributed by atoms with E-state index in [9.17, 15) is 4.79 Å². The summed E-state index contributed by atoms with van der Waals surface area (Å²) in [6, 6.07) is 0. The van der Waals surface area contributed by atoms with Gasteiger partial charge in [-0.3, -0.25) is 4.79 Å². The van der Waals surface area contributed by atoms with E-state index < -0.39 is 0 Å². The Morgan fingerprint density at radius 1 is 1.10 bits per heavy atom. The Morgan fingerprint density at radius 3 is 2.25 bits per heavy atom. The molecule has 0 atom stereocenters. The number of halogens is 1. The first-order valence-electron chi connectivity index (χ1n) is 7.86. The fraction of sp³-hybridized carbons (Fsp3) is 0.750. The van der Waals surface area contributed by atoms with Crippen molar-refractivity contribution in [3.63, 3.8) is 0 Å². The quantitative estimate of drug-likeness (QED) is 0.890. The van der Waals surface area contributed by atoms with E-state index in [1.54, 1.807) is 0 Å². The minimum absolute atomic E-state index is 0.00267. The molecule has 2 aliphatic carbocycles. The molecule has 1 N–H and O–H groups in total. The molecule has 110 valence electrons. The van der Waals surface area contributed by atoms with Crippen molar-refractivity contribution >= 4 is 15.9 Å². The predicted octanol–water partition coefficient (Wildman–Crippen LogP) is 4.34. The Balaban J connectivity index is 1.79. The third-order valence-corrected chi connectivity index (χ3v) is 5.74. The second-order valence-corrected chi connectivity index (χ2v) is 7.57. The summed E-state index contributed by atoms with van der Waals surface area (Å²) in [5.74, 6) is 3.51. The maximum atomic E-state index is 12.1. The summed E-state index contributed by atoms with van der Waals surface area (Å²) in [5, 5.41) is 0. The minimum atomic E-state index is 0.00267. The fourth-order valence-electron chi connectivity index (χ4n) is 3.37. The van der Waals surface area contributed by atoms with Crippen molar-refractivity contribution in [3.05, 3.63) is 26.3 Å². The van der Waals surface area contributed by atoms with Gasteiger partial charge in [0.1, 0.15) is 10.3 Å². The van der Waals surface area contributed by atoms with Crippen LogP contribution in [-0.2, 0) is 0 Å². The minimum Gasteiger partial charge on any atom is -0.309 e. The molecule has 2 fully saturated rings. The summed E-state index contributed by atoms with van der Waals surface area (Å²) in [6.45, 7) is 4.63. The lowest BCUT2D eigenvalue weighted by atomic mass is 9.76. The lowest BCUT2D eigenvalue weighted by Crippen LogP contribution is -2.22. The van der Waals surface area contributed by atoms with E-state index in [4.69, 9.17) is 4.98 Å². The summed E-state index contributed by atoms with van der Waals surface area (Å²) >= 11 is 3.40. The molecule has 2 saturated carbocycles. The molecular weight excluding hydrogens is 316 g/mol. The number of aromatic nitrogens is 2. The van der Waals surface area contributed by atoms with E-state index in [1.807, 2.05) is 0 Å². The number of H-pyrrole nitrogens is 1. The van der Waals surface area contributed by atoms with Gasteiger partial charge in [-0.05, 0) is 66.3 Å². The van der Waals surface area contributed by atoms with Crippen LogP contribution in [0.3, 0.4) is 0 Å². The lowest BCUT2D eigenvalue weighted by Gasteiger charge is -2.30. The summed E-state index contributed by atoms with van der Waals surface area (Å²) in [6.07, 6.45) is 7.21. The third kappa shape index (κ3) is 2.85. The highest BCUT2D eigenvalue weighted by molar-refractivity contribution is 9.10. The maximum Gasteiger partial charge on any atom is 0.265 e. The number of aromatic amines is 1. The Bertz CT molecular complexity index is 540. The Morgan fingerprint density at radius 2 is 1.70 bits per heavy atom. The lowest BCUT2D eigenvalue weighted by molar-refractivity contribution is 0.254. The molecule has 0 saturated heterocycles. The fourth-order valence-corrected chi connectivity index (χ4v) is 3.89. The second-order valence-electron chi connectivity index (χ2n) is 6.78. The van der Waals surface area contributed by atoms with Crippen molar-refractivity contribution in [1.29, 1.82) is 0 Å². The first kappa shape index (κ1) is 14.3. The zero-order valence-corrected chi connectivity index (χ0v) is 13.9. The van der Waals surface area contributed by atoms with Crippen LogP contribution in [0.2, 0.25) is 0 Å². The average molecular weight is 339 g/mol. The highest BCUT2D eigenvalue weighted by Gasteiger charge is 2.31. The van der Waals surface area contributed by atoms with Crippen LogP contribution >= 0.6 is 15.9 Å². The molecule has 1 heterocycles. The molecule has 2 aliphatic rings. The molecule has 20 heavy (non-hydrogen) atoms. The van der Waals surface area contributed by atoms with Crippen molar-refractivity contribution in [2.24, 2.45) is 11.8 Å².